The molecule has 0 aliphatic carbocycles. The third kappa shape index (κ3) is 1.68. The van der Waals surface area contributed by atoms with Crippen LogP contribution in [-0.2, 0) is 6.54 Å². The van der Waals surface area contributed by atoms with E-state index in [2.05, 4.69) is 34.8 Å². The largest absolute Gasteiger partial charge is 0.326 e. The fourth-order valence-electron chi connectivity index (χ4n) is 1.64. The van der Waals surface area contributed by atoms with Crippen molar-refractivity contribution in [2.75, 3.05) is 0 Å². The first-order chi connectivity index (χ1) is 7.15. The molecule has 3 nitrogen and oxygen atoms in total. The summed E-state index contributed by atoms with van der Waals surface area (Å²) in [6, 6.07) is 4.00. The van der Waals surface area contributed by atoms with Crippen molar-refractivity contribution in [3.05, 3.63) is 34.2 Å². The van der Waals surface area contributed by atoms with E-state index >= 15 is 0 Å². The quantitative estimate of drug-likeness (QED) is 0.909. The van der Waals surface area contributed by atoms with Crippen molar-refractivity contribution < 1.29 is 0 Å². The lowest BCUT2D eigenvalue weighted by Crippen LogP contribution is -1.99. The highest BCUT2D eigenvalue weighted by atomic mass is 79.9. The third-order valence-corrected chi connectivity index (χ3v) is 3.25. The highest BCUT2D eigenvalue weighted by Gasteiger charge is 2.13. The summed E-state index contributed by atoms with van der Waals surface area (Å²) in [5.74, 6) is 0.407. The van der Waals surface area contributed by atoms with Gasteiger partial charge in [0, 0.05) is 18.3 Å². The van der Waals surface area contributed by atoms with Crippen LogP contribution >= 0.6 is 15.9 Å². The Morgan fingerprint density at radius 2 is 2.27 bits per heavy atom. The summed E-state index contributed by atoms with van der Waals surface area (Å²) in [7, 11) is 0. The average Bonchev–Trinajstić information content (AvgIpc) is 2.56. The fraction of sp³-hybridized carbons (Fsp3) is 0.364. The van der Waals surface area contributed by atoms with E-state index in [0.29, 0.717) is 12.5 Å². The van der Waals surface area contributed by atoms with Crippen LogP contribution in [0.1, 0.15) is 31.0 Å². The second-order valence-electron chi connectivity index (χ2n) is 3.87. The van der Waals surface area contributed by atoms with Crippen molar-refractivity contribution in [3.8, 4) is 0 Å². The summed E-state index contributed by atoms with van der Waals surface area (Å²) in [4.78, 5) is 4.62. The van der Waals surface area contributed by atoms with E-state index in [4.69, 9.17) is 5.73 Å². The zero-order chi connectivity index (χ0) is 11.0. The summed E-state index contributed by atoms with van der Waals surface area (Å²) in [6.07, 6.45) is 2.00. The van der Waals surface area contributed by atoms with Crippen LogP contribution in [0.5, 0.6) is 0 Å². The molecule has 0 fully saturated rings. The van der Waals surface area contributed by atoms with E-state index in [0.717, 1.165) is 21.5 Å². The van der Waals surface area contributed by atoms with Crippen LogP contribution in [0.4, 0.5) is 0 Å². The van der Waals surface area contributed by atoms with Gasteiger partial charge in [0.05, 0.1) is 5.69 Å². The number of nitrogens with two attached hydrogens (primary N) is 1. The lowest BCUT2D eigenvalue weighted by atomic mass is 10.2. The Labute approximate surface area is 97.4 Å². The number of rotatable bonds is 2. The molecule has 2 N–H and O–H groups in total. The molecule has 0 aliphatic heterocycles. The maximum Gasteiger partial charge on any atom is 0.142 e. The van der Waals surface area contributed by atoms with E-state index in [1.165, 1.54) is 0 Å². The van der Waals surface area contributed by atoms with Gasteiger partial charge in [-0.25, -0.2) is 4.98 Å². The first-order valence-electron chi connectivity index (χ1n) is 5.00. The highest BCUT2D eigenvalue weighted by molar-refractivity contribution is 9.10. The monoisotopic (exact) mass is 267 g/mol. The van der Waals surface area contributed by atoms with Crippen LogP contribution in [0, 0.1) is 0 Å². The zero-order valence-corrected chi connectivity index (χ0v) is 10.5. The van der Waals surface area contributed by atoms with E-state index < -0.39 is 0 Å². The van der Waals surface area contributed by atoms with Gasteiger partial charge in [-0.1, -0.05) is 19.9 Å². The van der Waals surface area contributed by atoms with Gasteiger partial charge in [-0.05, 0) is 27.9 Å². The molecule has 0 aliphatic rings. The molecule has 0 atom stereocenters. The topological polar surface area (TPSA) is 43.3 Å². The van der Waals surface area contributed by atoms with Gasteiger partial charge in [-0.2, -0.15) is 0 Å². The molecule has 0 aromatic carbocycles. The zero-order valence-electron chi connectivity index (χ0n) is 8.87. The molecule has 0 bridgehead atoms. The fourth-order valence-corrected chi connectivity index (χ4v) is 2.47. The van der Waals surface area contributed by atoms with Crippen molar-refractivity contribution in [1.82, 2.24) is 9.38 Å². The minimum absolute atomic E-state index is 0.407. The molecule has 0 saturated carbocycles. The van der Waals surface area contributed by atoms with Crippen molar-refractivity contribution in [2.45, 2.75) is 26.3 Å². The van der Waals surface area contributed by atoms with Gasteiger partial charge in [0.1, 0.15) is 10.3 Å². The van der Waals surface area contributed by atoms with Crippen molar-refractivity contribution in [1.29, 1.82) is 0 Å². The van der Waals surface area contributed by atoms with Gasteiger partial charge in [0.25, 0.3) is 0 Å². The lowest BCUT2D eigenvalue weighted by molar-refractivity contribution is 0.826. The van der Waals surface area contributed by atoms with E-state index in [-0.39, 0.29) is 0 Å². The maximum atomic E-state index is 5.68. The summed E-state index contributed by atoms with van der Waals surface area (Å²) in [5, 5.41) is 0. The molecular formula is C11H14BrN3. The Morgan fingerprint density at radius 3 is 2.87 bits per heavy atom. The number of hydrogen-bond donors (Lipinski definition) is 1. The highest BCUT2D eigenvalue weighted by Crippen LogP contribution is 2.26. The Balaban J connectivity index is 2.75. The van der Waals surface area contributed by atoms with Crippen molar-refractivity contribution in [2.24, 2.45) is 5.73 Å². The summed E-state index contributed by atoms with van der Waals surface area (Å²) >= 11 is 3.58. The normalized spacial score (nSPS) is 11.5. The number of fused-ring (bicyclic) bond motifs is 1. The Hall–Kier alpha value is -0.870. The number of imidazole rings is 1. The maximum absolute atomic E-state index is 5.68. The number of hydrogen-bond acceptors (Lipinski definition) is 2. The van der Waals surface area contributed by atoms with E-state index in [1.54, 1.807) is 0 Å². The third-order valence-electron chi connectivity index (χ3n) is 2.46. The summed E-state index contributed by atoms with van der Waals surface area (Å²) in [5.41, 5.74) is 8.79. The molecule has 2 rings (SSSR count). The van der Waals surface area contributed by atoms with Crippen molar-refractivity contribution >= 4 is 21.6 Å². The standard InChI is InChI=1S/C11H14BrN3/c1-7(2)9-10(12)15-5-3-4-8(6-13)11(15)14-9/h3-5,7H,6,13H2,1-2H3. The molecule has 0 saturated heterocycles. The average molecular weight is 268 g/mol. The van der Waals surface area contributed by atoms with Gasteiger partial charge in [0.15, 0.2) is 0 Å². The van der Waals surface area contributed by atoms with Crippen LogP contribution < -0.4 is 5.73 Å². The van der Waals surface area contributed by atoms with Crippen molar-refractivity contribution in [3.63, 3.8) is 0 Å². The van der Waals surface area contributed by atoms with Crippen LogP contribution in [0.3, 0.4) is 0 Å². The van der Waals surface area contributed by atoms with E-state index in [1.807, 2.05) is 22.7 Å². The van der Waals surface area contributed by atoms with Gasteiger partial charge < -0.3 is 5.73 Å². The first kappa shape index (κ1) is 10.6. The molecule has 0 amide bonds. The molecule has 2 aromatic rings. The molecular weight excluding hydrogens is 254 g/mol. The first-order valence-corrected chi connectivity index (χ1v) is 5.80. The number of aromatic nitrogens is 2. The van der Waals surface area contributed by atoms with Gasteiger partial charge in [-0.15, -0.1) is 0 Å². The Kier molecular flexibility index (Phi) is 2.80. The van der Waals surface area contributed by atoms with Crippen LogP contribution in [-0.4, -0.2) is 9.38 Å². The predicted molar refractivity (Wildman–Crippen MR) is 64.9 cm³/mol. The number of halogens is 1. The minimum atomic E-state index is 0.407. The van der Waals surface area contributed by atoms with Crippen LogP contribution in [0.2, 0.25) is 0 Å². The summed E-state index contributed by atoms with van der Waals surface area (Å²) < 4.78 is 3.07. The van der Waals surface area contributed by atoms with Crippen LogP contribution in [0.25, 0.3) is 5.65 Å². The molecule has 0 spiro atoms. The minimum Gasteiger partial charge on any atom is -0.326 e. The lowest BCUT2D eigenvalue weighted by Gasteiger charge is -2.00. The van der Waals surface area contributed by atoms with Gasteiger partial charge in [0.2, 0.25) is 0 Å². The van der Waals surface area contributed by atoms with E-state index in [9.17, 15) is 0 Å². The molecule has 0 unspecified atom stereocenters. The second-order valence-corrected chi connectivity index (χ2v) is 4.62. The number of pyridine rings is 1. The molecule has 15 heavy (non-hydrogen) atoms. The molecule has 0 radical (unpaired) electrons. The molecule has 2 heterocycles. The molecule has 80 valence electrons. The van der Waals surface area contributed by atoms with Crippen LogP contribution in [0.15, 0.2) is 22.9 Å². The SMILES string of the molecule is CC(C)c1nc2c(CN)cccn2c1Br. The molecule has 4 heteroatoms. The van der Waals surface area contributed by atoms with Gasteiger partial charge >= 0.3 is 0 Å². The summed E-state index contributed by atoms with van der Waals surface area (Å²) in [6.45, 7) is 4.79. The Morgan fingerprint density at radius 1 is 1.53 bits per heavy atom. The van der Waals surface area contributed by atoms with Gasteiger partial charge in [-0.3, -0.25) is 4.40 Å². The molecule has 2 aromatic heterocycles. The predicted octanol–water partition coefficient (Wildman–Crippen LogP) is 2.68. The smallest absolute Gasteiger partial charge is 0.142 e. The second kappa shape index (κ2) is 3.94. The Bertz CT molecular complexity index is 488. The number of nitrogens with zero attached hydrogens (tertiary/aromatic N) is 2.